The number of likely N-dealkylation sites (N-methyl/N-ethyl adjacent to an activating group) is 1. The zero-order valence-electron chi connectivity index (χ0n) is 21.8. The van der Waals surface area contributed by atoms with Crippen molar-refractivity contribution in [3.8, 4) is 0 Å². The number of benzene rings is 3. The lowest BCUT2D eigenvalue weighted by molar-refractivity contribution is -0.252. The summed E-state index contributed by atoms with van der Waals surface area (Å²) in [6.45, 7) is 5.67. The van der Waals surface area contributed by atoms with Crippen LogP contribution in [0.1, 0.15) is 46.6 Å². The van der Waals surface area contributed by atoms with Gasteiger partial charge < -0.3 is 24.6 Å². The van der Waals surface area contributed by atoms with Crippen LogP contribution in [0.3, 0.4) is 0 Å². The largest absolute Gasteiger partial charge is 0.445 e. The van der Waals surface area contributed by atoms with Crippen molar-refractivity contribution >= 4 is 6.09 Å². The Hall–Kier alpha value is -3.49. The van der Waals surface area contributed by atoms with E-state index in [0.717, 1.165) is 41.8 Å². The highest BCUT2D eigenvalue weighted by Crippen LogP contribution is 2.38. The quantitative estimate of drug-likeness (QED) is 0.338. The molecule has 1 aliphatic heterocycles. The predicted molar refractivity (Wildman–Crippen MR) is 146 cm³/mol. The molecule has 1 aliphatic rings. The second-order valence-corrected chi connectivity index (χ2v) is 9.51. The summed E-state index contributed by atoms with van der Waals surface area (Å²) in [6, 6.07) is 26.1. The Labute approximate surface area is 224 Å². The van der Waals surface area contributed by atoms with Gasteiger partial charge in [0.2, 0.25) is 0 Å². The summed E-state index contributed by atoms with van der Waals surface area (Å²) in [4.78, 5) is 14.0. The molecule has 0 saturated carbocycles. The van der Waals surface area contributed by atoms with Gasteiger partial charge in [0.25, 0.3) is 0 Å². The summed E-state index contributed by atoms with van der Waals surface area (Å²) < 4.78 is 17.9. The first-order chi connectivity index (χ1) is 18.5. The normalized spacial score (nSPS) is 19.2. The minimum Gasteiger partial charge on any atom is -0.445 e. The monoisotopic (exact) mass is 516 g/mol. The molecule has 1 amide bonds. The Morgan fingerprint density at radius 3 is 2.37 bits per heavy atom. The van der Waals surface area contributed by atoms with Gasteiger partial charge in [-0.15, -0.1) is 0 Å². The Bertz CT molecular complexity index is 1150. The van der Waals surface area contributed by atoms with Gasteiger partial charge in [0.05, 0.1) is 18.8 Å². The van der Waals surface area contributed by atoms with E-state index < -0.39 is 12.4 Å². The number of carbonyl (C=O) groups excluding carboxylic acids is 1. The predicted octanol–water partition coefficient (Wildman–Crippen LogP) is 5.27. The average molecular weight is 517 g/mol. The van der Waals surface area contributed by atoms with Crippen molar-refractivity contribution < 1.29 is 24.1 Å². The molecule has 1 heterocycles. The van der Waals surface area contributed by atoms with Gasteiger partial charge in [0, 0.05) is 31.6 Å². The number of amides is 1. The fourth-order valence-corrected chi connectivity index (χ4v) is 4.49. The van der Waals surface area contributed by atoms with E-state index in [9.17, 15) is 9.90 Å². The van der Waals surface area contributed by atoms with Gasteiger partial charge >= 0.3 is 6.09 Å². The van der Waals surface area contributed by atoms with E-state index in [1.165, 1.54) is 11.6 Å². The molecule has 1 fully saturated rings. The molecule has 2 N–H and O–H groups in total. The van der Waals surface area contributed by atoms with Crippen LogP contribution < -0.4 is 5.32 Å². The number of nitrogens with one attached hydrogen (secondary N) is 1. The molecule has 0 radical (unpaired) electrons. The van der Waals surface area contributed by atoms with Crippen LogP contribution in [0.5, 0.6) is 0 Å². The lowest BCUT2D eigenvalue weighted by Gasteiger charge is -2.38. The zero-order valence-corrected chi connectivity index (χ0v) is 21.8. The van der Waals surface area contributed by atoms with Crippen molar-refractivity contribution in [1.82, 2.24) is 10.2 Å². The van der Waals surface area contributed by atoms with Gasteiger partial charge in [-0.2, -0.15) is 0 Å². The van der Waals surface area contributed by atoms with Crippen molar-refractivity contribution in [3.63, 3.8) is 0 Å². The van der Waals surface area contributed by atoms with Crippen LogP contribution in [-0.4, -0.2) is 42.4 Å². The van der Waals surface area contributed by atoms with Crippen molar-refractivity contribution in [1.29, 1.82) is 0 Å². The first-order valence-electron chi connectivity index (χ1n) is 12.9. The van der Waals surface area contributed by atoms with E-state index in [1.54, 1.807) is 0 Å². The molecule has 0 spiro atoms. The fraction of sp³-hybridized carbons (Fsp3) is 0.323. The number of aliphatic hydroxyl groups excluding tert-OH is 1. The zero-order chi connectivity index (χ0) is 26.7. The molecule has 0 aliphatic carbocycles. The third-order valence-corrected chi connectivity index (χ3v) is 6.45. The Morgan fingerprint density at radius 1 is 1.00 bits per heavy atom. The molecular formula is C31H36N2O5. The van der Waals surface area contributed by atoms with Crippen LogP contribution in [0.2, 0.25) is 0 Å². The summed E-state index contributed by atoms with van der Waals surface area (Å²) in [5.41, 5.74) is 5.04. The van der Waals surface area contributed by atoms with Gasteiger partial charge in [-0.05, 0) is 29.3 Å². The first-order valence-corrected chi connectivity index (χ1v) is 12.9. The lowest BCUT2D eigenvalue weighted by atomic mass is 9.99. The van der Waals surface area contributed by atoms with Gasteiger partial charge in [-0.3, -0.25) is 4.90 Å². The van der Waals surface area contributed by atoms with Crippen LogP contribution in [-0.2, 0) is 33.9 Å². The molecule has 7 nitrogen and oxygen atoms in total. The molecule has 3 aromatic rings. The van der Waals surface area contributed by atoms with Crippen LogP contribution >= 0.6 is 0 Å². The van der Waals surface area contributed by atoms with Crippen LogP contribution in [0.25, 0.3) is 0 Å². The molecule has 7 heteroatoms. The van der Waals surface area contributed by atoms with E-state index >= 15 is 0 Å². The number of aliphatic hydroxyl groups is 1. The highest BCUT2D eigenvalue weighted by atomic mass is 16.7. The molecule has 0 bridgehead atoms. The van der Waals surface area contributed by atoms with E-state index in [4.69, 9.17) is 14.2 Å². The third kappa shape index (κ3) is 8.00. The van der Waals surface area contributed by atoms with E-state index in [2.05, 4.69) is 48.1 Å². The Balaban J connectivity index is 1.45. The lowest BCUT2D eigenvalue weighted by Crippen LogP contribution is -2.37. The van der Waals surface area contributed by atoms with Gasteiger partial charge in [0.1, 0.15) is 6.61 Å². The van der Waals surface area contributed by atoms with Crippen molar-refractivity contribution in [2.75, 3.05) is 20.2 Å². The highest BCUT2D eigenvalue weighted by Gasteiger charge is 2.32. The van der Waals surface area contributed by atoms with Crippen molar-refractivity contribution in [2.45, 2.75) is 44.6 Å². The second kappa shape index (κ2) is 13.9. The summed E-state index contributed by atoms with van der Waals surface area (Å²) in [5.74, 6) is 0. The Morgan fingerprint density at radius 2 is 1.68 bits per heavy atom. The minimum atomic E-state index is -0.527. The molecule has 3 aromatic carbocycles. The summed E-state index contributed by atoms with van der Waals surface area (Å²) in [5, 5.41) is 12.2. The van der Waals surface area contributed by atoms with Crippen molar-refractivity contribution in [2.24, 2.45) is 0 Å². The summed E-state index contributed by atoms with van der Waals surface area (Å²) in [7, 11) is 2.10. The minimum absolute atomic E-state index is 0.0115. The second-order valence-electron chi connectivity index (χ2n) is 9.51. The maximum absolute atomic E-state index is 11.7. The fourth-order valence-electron chi connectivity index (χ4n) is 4.49. The molecule has 1 saturated heterocycles. The number of alkyl carbamates (subject to hydrolysis) is 1. The molecular weight excluding hydrogens is 480 g/mol. The molecule has 38 heavy (non-hydrogen) atoms. The van der Waals surface area contributed by atoms with Crippen LogP contribution in [0.4, 0.5) is 4.79 Å². The van der Waals surface area contributed by atoms with E-state index in [0.29, 0.717) is 6.54 Å². The topological polar surface area (TPSA) is 80.3 Å². The van der Waals surface area contributed by atoms with Crippen LogP contribution in [0.15, 0.2) is 91.5 Å². The number of hydrogen-bond donors (Lipinski definition) is 2. The number of rotatable bonds is 11. The smallest absolute Gasteiger partial charge is 0.407 e. The van der Waals surface area contributed by atoms with Gasteiger partial charge in [-0.25, -0.2) is 4.79 Å². The Kier molecular flexibility index (Phi) is 10.1. The molecule has 0 aromatic heterocycles. The number of hydrogen-bond acceptors (Lipinski definition) is 6. The summed E-state index contributed by atoms with van der Waals surface area (Å²) >= 11 is 0. The number of ether oxygens (including phenoxy) is 3. The maximum atomic E-state index is 11.7. The third-order valence-electron chi connectivity index (χ3n) is 6.45. The maximum Gasteiger partial charge on any atom is 0.407 e. The first kappa shape index (κ1) is 27.5. The number of nitrogens with zero attached hydrogens (tertiary/aromatic N) is 1. The number of carbonyl (C=O) groups is 1. The molecule has 200 valence electrons. The molecule has 0 unspecified atom stereocenters. The van der Waals surface area contributed by atoms with E-state index in [1.807, 2.05) is 54.6 Å². The average Bonchev–Trinajstić information content (AvgIpc) is 2.95. The highest BCUT2D eigenvalue weighted by molar-refractivity contribution is 5.67. The SMILES string of the molecule is C=CCOC(=O)NCc1ccc([C@H]2O[C@@H](CN(C)Cc3ccccc3)C[C@@H](c3ccc(CO)cc3)O2)cc1. The van der Waals surface area contributed by atoms with E-state index in [-0.39, 0.29) is 25.4 Å². The summed E-state index contributed by atoms with van der Waals surface area (Å²) in [6.07, 6.45) is 1.07. The van der Waals surface area contributed by atoms with Crippen LogP contribution in [0, 0.1) is 0 Å². The molecule has 4 rings (SSSR count). The van der Waals surface area contributed by atoms with Crippen molar-refractivity contribution in [3.05, 3.63) is 119 Å². The van der Waals surface area contributed by atoms with Gasteiger partial charge in [0.15, 0.2) is 6.29 Å². The molecule has 3 atom stereocenters. The van der Waals surface area contributed by atoms with Gasteiger partial charge in [-0.1, -0.05) is 91.5 Å². The standard InChI is InChI=1S/C31H36N2O5/c1-3-17-36-31(35)32-19-23-9-15-27(16-10-23)30-37-28(21-33(2)20-24-7-5-4-6-8-24)18-29(38-30)26-13-11-25(22-34)12-14-26/h3-16,28-30,34H,1,17-22H2,2H3,(H,32,35)/t28-,29+,30+/m1/s1.